The first kappa shape index (κ1) is 17.7. The molecule has 1 heterocycles. The van der Waals surface area contributed by atoms with E-state index in [1.807, 2.05) is 6.07 Å². The minimum atomic E-state index is -0.0286. The van der Waals surface area contributed by atoms with Gasteiger partial charge in [-0.1, -0.05) is 78.3 Å². The third-order valence-electron chi connectivity index (χ3n) is 5.95. The number of benzene rings is 3. The standard InChI is InChI=1S/C25H22BrNO/c1-25(2)13-18-23(21(28)14-25)22-16-8-4-3-7-15(16)11-12-20(22)27-24(18)17-9-5-6-10-19(17)26/h3-12,24,27H,13-14H2,1-2H3/t24-/m0/s1. The Balaban J connectivity index is 1.83. The molecule has 140 valence electrons. The molecule has 1 N–H and O–H groups in total. The molecule has 0 saturated heterocycles. The Kier molecular flexibility index (Phi) is 3.99. The third kappa shape index (κ3) is 2.72. The molecule has 0 aromatic heterocycles. The Morgan fingerprint density at radius 3 is 2.54 bits per heavy atom. The number of carbonyl (C=O) groups excluding carboxylic acids is 1. The average molecular weight is 432 g/mol. The van der Waals surface area contributed by atoms with Crippen LogP contribution in [0.15, 0.2) is 70.7 Å². The summed E-state index contributed by atoms with van der Waals surface area (Å²) in [6, 6.07) is 20.9. The maximum Gasteiger partial charge on any atom is 0.164 e. The van der Waals surface area contributed by atoms with Crippen LogP contribution in [0.4, 0.5) is 5.69 Å². The van der Waals surface area contributed by atoms with Crippen LogP contribution in [0.2, 0.25) is 0 Å². The molecule has 0 bridgehead atoms. The zero-order chi connectivity index (χ0) is 19.5. The molecular weight excluding hydrogens is 410 g/mol. The van der Waals surface area contributed by atoms with Crippen molar-refractivity contribution < 1.29 is 4.79 Å². The van der Waals surface area contributed by atoms with E-state index in [0.29, 0.717) is 6.42 Å². The van der Waals surface area contributed by atoms with Crippen molar-refractivity contribution in [3.05, 3.63) is 81.8 Å². The molecular formula is C25H22BrNO. The number of halogens is 1. The molecule has 1 aliphatic carbocycles. The van der Waals surface area contributed by atoms with Gasteiger partial charge in [0.1, 0.15) is 0 Å². The average Bonchev–Trinajstić information content (AvgIpc) is 2.66. The lowest BCUT2D eigenvalue weighted by Crippen LogP contribution is -2.32. The quantitative estimate of drug-likeness (QED) is 0.453. The van der Waals surface area contributed by atoms with Gasteiger partial charge < -0.3 is 5.32 Å². The van der Waals surface area contributed by atoms with Crippen LogP contribution in [0.3, 0.4) is 0 Å². The molecule has 1 atom stereocenters. The predicted octanol–water partition coefficient (Wildman–Crippen LogP) is 6.91. The monoisotopic (exact) mass is 431 g/mol. The van der Waals surface area contributed by atoms with E-state index < -0.39 is 0 Å². The molecule has 0 amide bonds. The predicted molar refractivity (Wildman–Crippen MR) is 119 cm³/mol. The number of nitrogens with one attached hydrogen (secondary N) is 1. The lowest BCUT2D eigenvalue weighted by Gasteiger charge is -2.40. The van der Waals surface area contributed by atoms with Crippen LogP contribution in [0.1, 0.15) is 43.9 Å². The van der Waals surface area contributed by atoms with E-state index in [0.717, 1.165) is 33.1 Å². The molecule has 0 unspecified atom stereocenters. The minimum absolute atomic E-state index is 0.00256. The summed E-state index contributed by atoms with van der Waals surface area (Å²) >= 11 is 3.72. The second-order valence-corrected chi connectivity index (χ2v) is 9.50. The number of fused-ring (bicyclic) bond motifs is 4. The number of carbonyl (C=O) groups is 1. The highest BCUT2D eigenvalue weighted by atomic mass is 79.9. The van der Waals surface area contributed by atoms with Gasteiger partial charge in [-0.2, -0.15) is 0 Å². The second kappa shape index (κ2) is 6.31. The summed E-state index contributed by atoms with van der Waals surface area (Å²) in [7, 11) is 0. The highest BCUT2D eigenvalue weighted by molar-refractivity contribution is 9.10. The highest BCUT2D eigenvalue weighted by Crippen LogP contribution is 2.52. The summed E-state index contributed by atoms with van der Waals surface area (Å²) in [4.78, 5) is 13.4. The van der Waals surface area contributed by atoms with E-state index in [1.54, 1.807) is 0 Å². The Morgan fingerprint density at radius 1 is 0.964 bits per heavy atom. The molecule has 1 aliphatic heterocycles. The fourth-order valence-corrected chi connectivity index (χ4v) is 5.31. The highest BCUT2D eigenvalue weighted by Gasteiger charge is 2.40. The molecule has 28 heavy (non-hydrogen) atoms. The SMILES string of the molecule is CC1(C)CC(=O)C2=C(C1)[C@H](c1ccccc1Br)Nc1ccc3ccccc3c12. The summed E-state index contributed by atoms with van der Waals surface area (Å²) in [5.74, 6) is 0.266. The minimum Gasteiger partial charge on any atom is -0.374 e. The van der Waals surface area contributed by atoms with Crippen molar-refractivity contribution in [3.63, 3.8) is 0 Å². The molecule has 0 saturated carbocycles. The van der Waals surface area contributed by atoms with Crippen LogP contribution in [0.5, 0.6) is 0 Å². The van der Waals surface area contributed by atoms with Crippen molar-refractivity contribution in [3.8, 4) is 0 Å². The third-order valence-corrected chi connectivity index (χ3v) is 6.67. The Morgan fingerprint density at radius 2 is 1.71 bits per heavy atom. The van der Waals surface area contributed by atoms with Gasteiger partial charge in [-0.25, -0.2) is 0 Å². The van der Waals surface area contributed by atoms with Crippen molar-refractivity contribution in [1.29, 1.82) is 0 Å². The Bertz CT molecular complexity index is 1160. The smallest absolute Gasteiger partial charge is 0.164 e. The molecule has 0 spiro atoms. The van der Waals surface area contributed by atoms with Crippen molar-refractivity contribution in [2.75, 3.05) is 5.32 Å². The van der Waals surface area contributed by atoms with Gasteiger partial charge in [0.05, 0.1) is 6.04 Å². The number of hydrogen-bond donors (Lipinski definition) is 1. The van der Waals surface area contributed by atoms with Gasteiger partial charge >= 0.3 is 0 Å². The zero-order valence-electron chi connectivity index (χ0n) is 16.1. The van der Waals surface area contributed by atoms with E-state index in [9.17, 15) is 4.79 Å². The number of Topliss-reactive ketones (excluding diaryl/α,β-unsaturated/α-hetero) is 1. The van der Waals surface area contributed by atoms with Gasteiger partial charge in [0.15, 0.2) is 5.78 Å². The summed E-state index contributed by atoms with van der Waals surface area (Å²) in [5.41, 5.74) is 5.43. The van der Waals surface area contributed by atoms with Crippen LogP contribution in [-0.4, -0.2) is 5.78 Å². The van der Waals surface area contributed by atoms with E-state index in [-0.39, 0.29) is 17.2 Å². The number of allylic oxidation sites excluding steroid dienone is 1. The van der Waals surface area contributed by atoms with E-state index >= 15 is 0 Å². The fraction of sp³-hybridized carbons (Fsp3) is 0.240. The van der Waals surface area contributed by atoms with E-state index in [1.165, 1.54) is 16.5 Å². The number of rotatable bonds is 1. The summed E-state index contributed by atoms with van der Waals surface area (Å²) in [5, 5.41) is 6.09. The molecule has 0 radical (unpaired) electrons. The number of anilines is 1. The fourth-order valence-electron chi connectivity index (χ4n) is 4.79. The van der Waals surface area contributed by atoms with Crippen LogP contribution in [0, 0.1) is 5.41 Å². The normalized spacial score (nSPS) is 20.5. The molecule has 0 fully saturated rings. The van der Waals surface area contributed by atoms with Crippen molar-refractivity contribution in [1.82, 2.24) is 0 Å². The van der Waals surface area contributed by atoms with Crippen LogP contribution >= 0.6 is 15.9 Å². The number of ketones is 1. The van der Waals surface area contributed by atoms with Crippen molar-refractivity contribution in [2.24, 2.45) is 5.41 Å². The van der Waals surface area contributed by atoms with Gasteiger partial charge in [0, 0.05) is 27.7 Å². The summed E-state index contributed by atoms with van der Waals surface area (Å²) in [6.07, 6.45) is 1.51. The zero-order valence-corrected chi connectivity index (χ0v) is 17.6. The first-order valence-electron chi connectivity index (χ1n) is 9.74. The topological polar surface area (TPSA) is 29.1 Å². The van der Waals surface area contributed by atoms with Gasteiger partial charge in [-0.15, -0.1) is 0 Å². The van der Waals surface area contributed by atoms with Gasteiger partial charge in [0.25, 0.3) is 0 Å². The van der Waals surface area contributed by atoms with Gasteiger partial charge in [-0.3, -0.25) is 4.79 Å². The first-order chi connectivity index (χ1) is 13.4. The molecule has 5 rings (SSSR count). The van der Waals surface area contributed by atoms with Crippen LogP contribution in [0.25, 0.3) is 16.3 Å². The first-order valence-corrected chi connectivity index (χ1v) is 10.5. The molecule has 2 aliphatic rings. The maximum atomic E-state index is 13.4. The largest absolute Gasteiger partial charge is 0.374 e. The molecule has 3 aromatic carbocycles. The van der Waals surface area contributed by atoms with Gasteiger partial charge in [-0.05, 0) is 45.9 Å². The van der Waals surface area contributed by atoms with Crippen molar-refractivity contribution >= 4 is 43.7 Å². The van der Waals surface area contributed by atoms with E-state index in [2.05, 4.69) is 89.7 Å². The molecule has 3 aromatic rings. The lowest BCUT2D eigenvalue weighted by atomic mass is 9.68. The molecule has 2 nitrogen and oxygen atoms in total. The lowest BCUT2D eigenvalue weighted by molar-refractivity contribution is -0.116. The Labute approximate surface area is 173 Å². The molecule has 3 heteroatoms. The van der Waals surface area contributed by atoms with Crippen molar-refractivity contribution in [2.45, 2.75) is 32.7 Å². The Hall–Kier alpha value is -2.39. The second-order valence-electron chi connectivity index (χ2n) is 8.65. The number of hydrogen-bond acceptors (Lipinski definition) is 2. The van der Waals surface area contributed by atoms with Crippen LogP contribution < -0.4 is 5.32 Å². The van der Waals surface area contributed by atoms with Gasteiger partial charge in [0.2, 0.25) is 0 Å². The summed E-state index contributed by atoms with van der Waals surface area (Å²) in [6.45, 7) is 4.40. The maximum absolute atomic E-state index is 13.4. The van der Waals surface area contributed by atoms with E-state index in [4.69, 9.17) is 0 Å². The van der Waals surface area contributed by atoms with Crippen LogP contribution in [-0.2, 0) is 4.79 Å². The summed E-state index contributed by atoms with van der Waals surface area (Å²) < 4.78 is 1.07.